The van der Waals surface area contributed by atoms with Gasteiger partial charge in [-0.3, -0.25) is 4.79 Å². The number of rotatable bonds is 5. The zero-order valence-electron chi connectivity index (χ0n) is 13.9. The molecule has 0 bridgehead atoms. The first-order valence-corrected chi connectivity index (χ1v) is 8.12. The summed E-state index contributed by atoms with van der Waals surface area (Å²) in [7, 11) is 0. The van der Waals surface area contributed by atoms with Crippen LogP contribution in [0.1, 0.15) is 46.1 Å². The van der Waals surface area contributed by atoms with E-state index < -0.39 is 0 Å². The summed E-state index contributed by atoms with van der Waals surface area (Å²) < 4.78 is 11.8. The second kappa shape index (κ2) is 5.49. The van der Waals surface area contributed by atoms with Gasteiger partial charge in [-0.25, -0.2) is 0 Å². The molecule has 2 aliphatic rings. The SMILES string of the molecule is CC(C)N(C(=O)COc1cccc2c1OC(C)(C)C2)C1CC1. The summed E-state index contributed by atoms with van der Waals surface area (Å²) in [5.41, 5.74) is 0.946. The minimum Gasteiger partial charge on any atom is -0.483 e. The lowest BCUT2D eigenvalue weighted by atomic mass is 10.0. The first kappa shape index (κ1) is 15.2. The monoisotopic (exact) mass is 303 g/mol. The standard InChI is InChI=1S/C18H25NO3/c1-12(2)19(14-8-9-14)16(20)11-21-15-7-5-6-13-10-18(3,4)22-17(13)15/h5-7,12,14H,8-11H2,1-4H3. The number of hydrogen-bond acceptors (Lipinski definition) is 3. The fourth-order valence-electron chi connectivity index (χ4n) is 3.18. The number of para-hydroxylation sites is 1. The molecule has 0 aromatic heterocycles. The second-order valence-corrected chi connectivity index (χ2v) is 7.20. The van der Waals surface area contributed by atoms with Crippen molar-refractivity contribution in [1.29, 1.82) is 0 Å². The molecule has 120 valence electrons. The Hall–Kier alpha value is -1.71. The van der Waals surface area contributed by atoms with Gasteiger partial charge in [0.15, 0.2) is 18.1 Å². The van der Waals surface area contributed by atoms with Gasteiger partial charge in [-0.15, -0.1) is 0 Å². The molecule has 1 aliphatic carbocycles. The lowest BCUT2D eigenvalue weighted by Gasteiger charge is -2.26. The molecule has 0 spiro atoms. The average Bonchev–Trinajstić information content (AvgIpc) is 3.17. The van der Waals surface area contributed by atoms with Gasteiger partial charge in [0.1, 0.15) is 5.60 Å². The van der Waals surface area contributed by atoms with E-state index in [1.165, 1.54) is 0 Å². The van der Waals surface area contributed by atoms with Crippen LogP contribution >= 0.6 is 0 Å². The van der Waals surface area contributed by atoms with E-state index in [-0.39, 0.29) is 24.2 Å². The van der Waals surface area contributed by atoms with Crippen molar-refractivity contribution in [3.63, 3.8) is 0 Å². The first-order chi connectivity index (χ1) is 10.4. The third-order valence-corrected chi connectivity index (χ3v) is 4.19. The Morgan fingerprint density at radius 3 is 2.77 bits per heavy atom. The van der Waals surface area contributed by atoms with Gasteiger partial charge in [-0.2, -0.15) is 0 Å². The van der Waals surface area contributed by atoms with Gasteiger partial charge in [0, 0.05) is 24.1 Å². The molecule has 4 heteroatoms. The number of amides is 1. The van der Waals surface area contributed by atoms with Gasteiger partial charge in [0.2, 0.25) is 0 Å². The molecule has 3 rings (SSSR count). The number of ether oxygens (including phenoxy) is 2. The number of carbonyl (C=O) groups excluding carboxylic acids is 1. The van der Waals surface area contributed by atoms with E-state index in [1.807, 2.05) is 17.0 Å². The summed E-state index contributed by atoms with van der Waals surface area (Å²) in [5.74, 6) is 1.53. The maximum absolute atomic E-state index is 12.4. The second-order valence-electron chi connectivity index (χ2n) is 7.20. The van der Waals surface area contributed by atoms with Gasteiger partial charge < -0.3 is 14.4 Å². The molecule has 1 aromatic rings. The molecule has 1 aliphatic heterocycles. The van der Waals surface area contributed by atoms with Crippen LogP contribution < -0.4 is 9.47 Å². The fourth-order valence-corrected chi connectivity index (χ4v) is 3.18. The van der Waals surface area contributed by atoms with Crippen LogP contribution in [-0.2, 0) is 11.2 Å². The van der Waals surface area contributed by atoms with E-state index in [0.717, 1.165) is 30.6 Å². The van der Waals surface area contributed by atoms with E-state index in [9.17, 15) is 4.79 Å². The maximum Gasteiger partial charge on any atom is 0.260 e. The van der Waals surface area contributed by atoms with Crippen LogP contribution in [0.5, 0.6) is 11.5 Å². The van der Waals surface area contributed by atoms with Crippen molar-refractivity contribution in [1.82, 2.24) is 4.90 Å². The van der Waals surface area contributed by atoms with Crippen LogP contribution in [0.4, 0.5) is 0 Å². The van der Waals surface area contributed by atoms with Crippen LogP contribution in [-0.4, -0.2) is 35.1 Å². The quantitative estimate of drug-likeness (QED) is 0.838. The Kier molecular flexibility index (Phi) is 3.79. The van der Waals surface area contributed by atoms with Crippen LogP contribution in [0.3, 0.4) is 0 Å². The summed E-state index contributed by atoms with van der Waals surface area (Å²) in [6.07, 6.45) is 3.09. The molecule has 0 unspecified atom stereocenters. The molecule has 4 nitrogen and oxygen atoms in total. The highest BCUT2D eigenvalue weighted by atomic mass is 16.5. The minimum atomic E-state index is -0.205. The summed E-state index contributed by atoms with van der Waals surface area (Å²) in [4.78, 5) is 14.4. The zero-order valence-corrected chi connectivity index (χ0v) is 13.9. The highest BCUT2D eigenvalue weighted by Gasteiger charge is 2.35. The van der Waals surface area contributed by atoms with Gasteiger partial charge in [-0.05, 0) is 46.6 Å². The van der Waals surface area contributed by atoms with Crippen LogP contribution in [0, 0.1) is 0 Å². The number of hydrogen-bond donors (Lipinski definition) is 0. The summed E-state index contributed by atoms with van der Waals surface area (Å²) >= 11 is 0. The Morgan fingerprint density at radius 1 is 1.41 bits per heavy atom. The van der Waals surface area contributed by atoms with E-state index in [4.69, 9.17) is 9.47 Å². The third-order valence-electron chi connectivity index (χ3n) is 4.19. The molecule has 1 amide bonds. The number of nitrogens with zero attached hydrogens (tertiary/aromatic N) is 1. The minimum absolute atomic E-state index is 0.0624. The van der Waals surface area contributed by atoms with Gasteiger partial charge in [0.05, 0.1) is 0 Å². The molecular weight excluding hydrogens is 278 g/mol. The molecule has 1 fully saturated rings. The Balaban J connectivity index is 1.68. The number of benzene rings is 1. The smallest absolute Gasteiger partial charge is 0.260 e. The van der Waals surface area contributed by atoms with E-state index in [2.05, 4.69) is 33.8 Å². The van der Waals surface area contributed by atoms with Crippen molar-refractivity contribution < 1.29 is 14.3 Å². The molecule has 0 atom stereocenters. The molecule has 22 heavy (non-hydrogen) atoms. The van der Waals surface area contributed by atoms with Crippen molar-refractivity contribution in [3.05, 3.63) is 23.8 Å². The number of fused-ring (bicyclic) bond motifs is 1. The molecule has 0 N–H and O–H groups in total. The fraction of sp³-hybridized carbons (Fsp3) is 0.611. The van der Waals surface area contributed by atoms with Crippen LogP contribution in [0.2, 0.25) is 0 Å². The predicted octanol–water partition coefficient (Wildman–Crippen LogP) is 3.18. The topological polar surface area (TPSA) is 38.8 Å². The maximum atomic E-state index is 12.4. The predicted molar refractivity (Wildman–Crippen MR) is 85.4 cm³/mol. The molecule has 0 radical (unpaired) electrons. The van der Waals surface area contributed by atoms with Crippen LogP contribution in [0.15, 0.2) is 18.2 Å². The highest BCUT2D eigenvalue weighted by Crippen LogP contribution is 2.41. The largest absolute Gasteiger partial charge is 0.483 e. The van der Waals surface area contributed by atoms with Gasteiger partial charge in [0.25, 0.3) is 5.91 Å². The number of carbonyl (C=O) groups is 1. The Labute approximate surface area is 132 Å². The first-order valence-electron chi connectivity index (χ1n) is 8.12. The van der Waals surface area contributed by atoms with Gasteiger partial charge in [-0.1, -0.05) is 12.1 Å². The lowest BCUT2D eigenvalue weighted by Crippen LogP contribution is -2.41. The Bertz CT molecular complexity index is 574. The molecule has 0 saturated heterocycles. The van der Waals surface area contributed by atoms with Gasteiger partial charge >= 0.3 is 0 Å². The zero-order chi connectivity index (χ0) is 15.9. The summed E-state index contributed by atoms with van der Waals surface area (Å²) in [5, 5.41) is 0. The summed E-state index contributed by atoms with van der Waals surface area (Å²) in [6.45, 7) is 8.32. The molecule has 1 saturated carbocycles. The van der Waals surface area contributed by atoms with E-state index in [0.29, 0.717) is 11.8 Å². The van der Waals surface area contributed by atoms with Crippen molar-refractivity contribution >= 4 is 5.91 Å². The summed E-state index contributed by atoms with van der Waals surface area (Å²) in [6, 6.07) is 6.53. The van der Waals surface area contributed by atoms with Crippen molar-refractivity contribution in [3.8, 4) is 11.5 Å². The van der Waals surface area contributed by atoms with Crippen molar-refractivity contribution in [2.24, 2.45) is 0 Å². The van der Waals surface area contributed by atoms with Crippen molar-refractivity contribution in [2.45, 2.75) is 64.6 Å². The van der Waals surface area contributed by atoms with E-state index in [1.54, 1.807) is 0 Å². The molecule has 1 heterocycles. The molecular formula is C18H25NO3. The van der Waals surface area contributed by atoms with Crippen molar-refractivity contribution in [2.75, 3.05) is 6.61 Å². The molecule has 1 aromatic carbocycles. The third kappa shape index (κ3) is 3.06. The normalized spacial score (nSPS) is 18.8. The Morgan fingerprint density at radius 2 is 2.14 bits per heavy atom. The van der Waals surface area contributed by atoms with E-state index >= 15 is 0 Å². The van der Waals surface area contributed by atoms with Crippen LogP contribution in [0.25, 0.3) is 0 Å². The average molecular weight is 303 g/mol. The lowest BCUT2D eigenvalue weighted by molar-refractivity contribution is -0.135. The highest BCUT2D eigenvalue weighted by molar-refractivity contribution is 5.79.